The molecule has 0 atom stereocenters. The molecule has 0 aliphatic carbocycles. The van der Waals surface area contributed by atoms with Gasteiger partial charge in [-0.25, -0.2) is 4.39 Å². The Morgan fingerprint density at radius 1 is 1.05 bits per heavy atom. The molecule has 21 heavy (non-hydrogen) atoms. The summed E-state index contributed by atoms with van der Waals surface area (Å²) in [6, 6.07) is 8.93. The predicted octanol–water partition coefficient (Wildman–Crippen LogP) is 4.65. The summed E-state index contributed by atoms with van der Waals surface area (Å²) in [5.74, 6) is 1.05. The second kappa shape index (κ2) is 6.72. The second-order valence-corrected chi connectivity index (χ2v) is 5.38. The summed E-state index contributed by atoms with van der Waals surface area (Å²) < 4.78 is 19.6. The minimum absolute atomic E-state index is 0.276. The van der Waals surface area contributed by atoms with Crippen LogP contribution in [0.15, 0.2) is 30.3 Å². The lowest BCUT2D eigenvalue weighted by Gasteiger charge is -2.13. The SMILES string of the molecule is CCNCc1cc(F)cc(Oc2cc(C)cc(C)c2C)c1. The molecule has 0 aliphatic rings. The van der Waals surface area contributed by atoms with Crippen LogP contribution in [0.1, 0.15) is 29.2 Å². The van der Waals surface area contributed by atoms with Crippen LogP contribution >= 0.6 is 0 Å². The Morgan fingerprint density at radius 3 is 2.52 bits per heavy atom. The first-order valence-electron chi connectivity index (χ1n) is 7.25. The van der Waals surface area contributed by atoms with Crippen molar-refractivity contribution in [3.8, 4) is 11.5 Å². The molecule has 0 bridgehead atoms. The van der Waals surface area contributed by atoms with Crippen molar-refractivity contribution in [2.24, 2.45) is 0 Å². The molecule has 0 amide bonds. The molecule has 0 saturated carbocycles. The Hall–Kier alpha value is -1.87. The van der Waals surface area contributed by atoms with Gasteiger partial charge in [-0.2, -0.15) is 0 Å². The number of rotatable bonds is 5. The van der Waals surface area contributed by atoms with E-state index in [0.29, 0.717) is 12.3 Å². The molecule has 1 N–H and O–H groups in total. The molecule has 0 aliphatic heterocycles. The van der Waals surface area contributed by atoms with Gasteiger partial charge in [0.2, 0.25) is 0 Å². The van der Waals surface area contributed by atoms with Gasteiger partial charge in [0.25, 0.3) is 0 Å². The highest BCUT2D eigenvalue weighted by Crippen LogP contribution is 2.29. The molecular weight excluding hydrogens is 265 g/mol. The van der Waals surface area contributed by atoms with Gasteiger partial charge in [0.1, 0.15) is 17.3 Å². The maximum Gasteiger partial charge on any atom is 0.130 e. The van der Waals surface area contributed by atoms with Crippen LogP contribution < -0.4 is 10.1 Å². The minimum Gasteiger partial charge on any atom is -0.457 e. The number of hydrogen-bond acceptors (Lipinski definition) is 2. The fourth-order valence-electron chi connectivity index (χ4n) is 2.28. The lowest BCUT2D eigenvalue weighted by atomic mass is 10.1. The molecule has 2 nitrogen and oxygen atoms in total. The average molecular weight is 287 g/mol. The van der Waals surface area contributed by atoms with Crippen LogP contribution in [0.3, 0.4) is 0 Å². The Kier molecular flexibility index (Phi) is 4.97. The van der Waals surface area contributed by atoms with E-state index in [2.05, 4.69) is 18.3 Å². The van der Waals surface area contributed by atoms with Gasteiger partial charge in [0, 0.05) is 12.6 Å². The molecule has 0 fully saturated rings. The molecule has 0 heterocycles. The standard InChI is InChI=1S/C18H22FNO/c1-5-20-11-15-8-16(19)10-17(9-15)21-18-7-12(2)6-13(3)14(18)4/h6-10,20H,5,11H2,1-4H3. The topological polar surface area (TPSA) is 21.3 Å². The van der Waals surface area contributed by atoms with E-state index < -0.39 is 0 Å². The molecule has 0 aromatic heterocycles. The van der Waals surface area contributed by atoms with Crippen molar-refractivity contribution in [2.45, 2.75) is 34.2 Å². The van der Waals surface area contributed by atoms with Crippen LogP contribution in [0.5, 0.6) is 11.5 Å². The maximum atomic E-state index is 13.7. The number of aryl methyl sites for hydroxylation is 2. The molecule has 0 radical (unpaired) electrons. The summed E-state index contributed by atoms with van der Waals surface area (Å²) in [7, 11) is 0. The summed E-state index contributed by atoms with van der Waals surface area (Å²) >= 11 is 0. The van der Waals surface area contributed by atoms with Crippen molar-refractivity contribution in [1.29, 1.82) is 0 Å². The van der Waals surface area contributed by atoms with E-state index in [1.807, 2.05) is 32.9 Å². The van der Waals surface area contributed by atoms with Crippen molar-refractivity contribution >= 4 is 0 Å². The van der Waals surface area contributed by atoms with Crippen molar-refractivity contribution < 1.29 is 9.13 Å². The highest BCUT2D eigenvalue weighted by molar-refractivity contribution is 5.44. The number of ether oxygens (including phenoxy) is 1. The van der Waals surface area contributed by atoms with E-state index in [1.54, 1.807) is 0 Å². The number of nitrogens with one attached hydrogen (secondary N) is 1. The van der Waals surface area contributed by atoms with Crippen molar-refractivity contribution in [3.63, 3.8) is 0 Å². The van der Waals surface area contributed by atoms with Crippen molar-refractivity contribution in [2.75, 3.05) is 6.54 Å². The first-order valence-corrected chi connectivity index (χ1v) is 7.25. The third-order valence-corrected chi connectivity index (χ3v) is 3.50. The van der Waals surface area contributed by atoms with Crippen LogP contribution in [0.2, 0.25) is 0 Å². The average Bonchev–Trinajstić information content (AvgIpc) is 2.41. The van der Waals surface area contributed by atoms with E-state index in [9.17, 15) is 4.39 Å². The van der Waals surface area contributed by atoms with Gasteiger partial charge in [-0.1, -0.05) is 13.0 Å². The van der Waals surface area contributed by atoms with Crippen LogP contribution in [0.25, 0.3) is 0 Å². The van der Waals surface area contributed by atoms with E-state index in [4.69, 9.17) is 4.74 Å². The molecule has 2 rings (SSSR count). The fourth-order valence-corrected chi connectivity index (χ4v) is 2.28. The van der Waals surface area contributed by atoms with Gasteiger partial charge in [0.05, 0.1) is 0 Å². The summed E-state index contributed by atoms with van der Waals surface area (Å²) in [6.45, 7) is 9.61. The minimum atomic E-state index is -0.276. The first kappa shape index (κ1) is 15.5. The van der Waals surface area contributed by atoms with Crippen LogP contribution in [-0.2, 0) is 6.54 Å². The predicted molar refractivity (Wildman–Crippen MR) is 84.5 cm³/mol. The van der Waals surface area contributed by atoms with Gasteiger partial charge in [0.15, 0.2) is 0 Å². The number of halogens is 1. The normalized spacial score (nSPS) is 10.7. The zero-order chi connectivity index (χ0) is 15.4. The monoisotopic (exact) mass is 287 g/mol. The molecule has 2 aromatic carbocycles. The Labute approximate surface area is 126 Å². The second-order valence-electron chi connectivity index (χ2n) is 5.38. The lowest BCUT2D eigenvalue weighted by Crippen LogP contribution is -2.11. The van der Waals surface area contributed by atoms with Crippen molar-refractivity contribution in [1.82, 2.24) is 5.32 Å². The molecular formula is C18H22FNO. The Bertz CT molecular complexity index is 637. The van der Waals surface area contributed by atoms with Crippen LogP contribution in [0.4, 0.5) is 4.39 Å². The summed E-state index contributed by atoms with van der Waals surface area (Å²) in [5, 5.41) is 3.19. The van der Waals surface area contributed by atoms with Crippen molar-refractivity contribution in [3.05, 3.63) is 58.4 Å². The van der Waals surface area contributed by atoms with Gasteiger partial charge in [-0.15, -0.1) is 0 Å². The first-order chi connectivity index (χ1) is 9.99. The van der Waals surface area contributed by atoms with Crippen LogP contribution in [-0.4, -0.2) is 6.54 Å². The third kappa shape index (κ3) is 4.05. The van der Waals surface area contributed by atoms with Gasteiger partial charge in [-0.05, 0) is 67.8 Å². The summed E-state index contributed by atoms with van der Waals surface area (Å²) in [6.07, 6.45) is 0. The molecule has 0 saturated heterocycles. The van der Waals surface area contributed by atoms with Crippen LogP contribution in [0, 0.1) is 26.6 Å². The van der Waals surface area contributed by atoms with E-state index in [1.165, 1.54) is 17.7 Å². The molecule has 2 aromatic rings. The molecule has 0 unspecified atom stereocenters. The fraction of sp³-hybridized carbons (Fsp3) is 0.333. The molecule has 3 heteroatoms. The van der Waals surface area contributed by atoms with E-state index in [0.717, 1.165) is 29.0 Å². The highest BCUT2D eigenvalue weighted by atomic mass is 19.1. The number of hydrogen-bond donors (Lipinski definition) is 1. The maximum absolute atomic E-state index is 13.7. The lowest BCUT2D eigenvalue weighted by molar-refractivity contribution is 0.471. The molecule has 112 valence electrons. The quantitative estimate of drug-likeness (QED) is 0.864. The largest absolute Gasteiger partial charge is 0.457 e. The zero-order valence-corrected chi connectivity index (χ0v) is 13.1. The van der Waals surface area contributed by atoms with E-state index >= 15 is 0 Å². The smallest absolute Gasteiger partial charge is 0.130 e. The Balaban J connectivity index is 2.29. The Morgan fingerprint density at radius 2 is 1.81 bits per heavy atom. The highest BCUT2D eigenvalue weighted by Gasteiger charge is 2.07. The van der Waals surface area contributed by atoms with E-state index in [-0.39, 0.29) is 5.82 Å². The zero-order valence-electron chi connectivity index (χ0n) is 13.1. The van der Waals surface area contributed by atoms with Gasteiger partial charge >= 0.3 is 0 Å². The number of benzene rings is 2. The summed E-state index contributed by atoms with van der Waals surface area (Å²) in [4.78, 5) is 0. The van der Waals surface area contributed by atoms with Gasteiger partial charge in [-0.3, -0.25) is 0 Å². The third-order valence-electron chi connectivity index (χ3n) is 3.50. The molecule has 0 spiro atoms. The summed E-state index contributed by atoms with van der Waals surface area (Å²) in [5.41, 5.74) is 4.28. The van der Waals surface area contributed by atoms with Gasteiger partial charge < -0.3 is 10.1 Å².